The molecule has 222 valence electrons. The van der Waals surface area contributed by atoms with E-state index in [0.717, 1.165) is 48.2 Å². The zero-order chi connectivity index (χ0) is 29.6. The molecule has 5 amide bonds. The highest BCUT2D eigenvalue weighted by molar-refractivity contribution is 6.31. The summed E-state index contributed by atoms with van der Waals surface area (Å²) in [4.78, 5) is 44.6. The number of carbonyl (C=O) groups is 3. The van der Waals surface area contributed by atoms with Crippen molar-refractivity contribution in [2.45, 2.75) is 58.2 Å². The van der Waals surface area contributed by atoms with Crippen LogP contribution in [0.1, 0.15) is 48.2 Å². The highest BCUT2D eigenvalue weighted by Crippen LogP contribution is 2.29. The van der Waals surface area contributed by atoms with E-state index in [-0.39, 0.29) is 18.5 Å². The summed E-state index contributed by atoms with van der Waals surface area (Å²) in [6.07, 6.45) is 6.04. The van der Waals surface area contributed by atoms with Gasteiger partial charge in [-0.25, -0.2) is 14.6 Å². The average molecular weight is 592 g/mol. The van der Waals surface area contributed by atoms with Gasteiger partial charge in [0.2, 0.25) is 5.91 Å². The molecule has 42 heavy (non-hydrogen) atoms. The Kier molecular flexibility index (Phi) is 9.31. The van der Waals surface area contributed by atoms with Crippen LogP contribution in [0.5, 0.6) is 0 Å². The summed E-state index contributed by atoms with van der Waals surface area (Å²) in [5.74, 6) is 0.438. The lowest BCUT2D eigenvalue weighted by Crippen LogP contribution is -2.54. The maximum Gasteiger partial charge on any atom is 0.322 e. The van der Waals surface area contributed by atoms with Gasteiger partial charge in [-0.05, 0) is 61.8 Å². The van der Waals surface area contributed by atoms with Gasteiger partial charge in [0.1, 0.15) is 6.04 Å². The average Bonchev–Trinajstić information content (AvgIpc) is 3.38. The second-order valence-electron chi connectivity index (χ2n) is 11.4. The number of nitrogens with two attached hydrogens (primary N) is 1. The van der Waals surface area contributed by atoms with Gasteiger partial charge in [0.05, 0.1) is 30.8 Å². The second-order valence-corrected chi connectivity index (χ2v) is 11.8. The van der Waals surface area contributed by atoms with E-state index in [1.54, 1.807) is 11.2 Å². The standard InChI is InChI=1S/C31H38ClN7O3/c1-20-9-11-24(12-10-20)37-31(42)39-18-28-26(36-19-38(28)17-23-7-2-3-8-25(23)32)14-27(39)29(40)34-15-21-5-4-6-22(13-21)16-35-30(33)41/h2-3,7-12,19,21-22,27H,4-6,13-18H2,1H3,(H,34,40)(H,37,42)(H3,33,35,41). The summed E-state index contributed by atoms with van der Waals surface area (Å²) in [5, 5.41) is 9.47. The van der Waals surface area contributed by atoms with Gasteiger partial charge in [-0.2, -0.15) is 0 Å². The number of nitrogens with one attached hydrogen (secondary N) is 3. The van der Waals surface area contributed by atoms with Crippen LogP contribution in [-0.2, 0) is 24.3 Å². The number of carbonyl (C=O) groups excluding carboxylic acids is 3. The van der Waals surface area contributed by atoms with E-state index in [0.29, 0.717) is 48.6 Å². The van der Waals surface area contributed by atoms with Gasteiger partial charge in [-0.3, -0.25) is 4.79 Å². The Morgan fingerprint density at radius 3 is 2.45 bits per heavy atom. The molecule has 1 fully saturated rings. The molecular formula is C31H38ClN7O3. The van der Waals surface area contributed by atoms with Crippen molar-refractivity contribution in [3.63, 3.8) is 0 Å². The van der Waals surface area contributed by atoms with Gasteiger partial charge in [0.25, 0.3) is 0 Å². The number of halogens is 1. The van der Waals surface area contributed by atoms with Gasteiger partial charge in [-0.15, -0.1) is 0 Å². The van der Waals surface area contributed by atoms with E-state index in [9.17, 15) is 14.4 Å². The van der Waals surface area contributed by atoms with Crippen LogP contribution in [0.3, 0.4) is 0 Å². The van der Waals surface area contributed by atoms with E-state index >= 15 is 0 Å². The summed E-state index contributed by atoms with van der Waals surface area (Å²) in [6.45, 7) is 3.80. The molecule has 0 bridgehead atoms. The zero-order valence-electron chi connectivity index (χ0n) is 23.8. The number of fused-ring (bicyclic) bond motifs is 1. The normalized spacial score (nSPS) is 20.0. The van der Waals surface area contributed by atoms with Gasteiger partial charge >= 0.3 is 12.1 Å². The molecule has 0 radical (unpaired) electrons. The highest BCUT2D eigenvalue weighted by Gasteiger charge is 2.37. The predicted molar refractivity (Wildman–Crippen MR) is 162 cm³/mol. The summed E-state index contributed by atoms with van der Waals surface area (Å²) in [5.41, 5.74) is 9.63. The molecule has 11 heteroatoms. The molecule has 1 aromatic heterocycles. The number of nitrogens with zero attached hydrogens (tertiary/aromatic N) is 3. The van der Waals surface area contributed by atoms with Crippen LogP contribution in [0.4, 0.5) is 15.3 Å². The molecule has 1 saturated carbocycles. The Labute approximate surface area is 251 Å². The van der Waals surface area contributed by atoms with Crippen LogP contribution >= 0.6 is 11.6 Å². The van der Waals surface area contributed by atoms with E-state index in [1.165, 1.54) is 0 Å². The minimum atomic E-state index is -0.706. The molecule has 5 N–H and O–H groups in total. The van der Waals surface area contributed by atoms with Gasteiger partial charge in [0.15, 0.2) is 0 Å². The third-order valence-corrected chi connectivity index (χ3v) is 8.67. The molecular weight excluding hydrogens is 554 g/mol. The molecule has 2 heterocycles. The Morgan fingerprint density at radius 2 is 1.74 bits per heavy atom. The number of rotatable bonds is 8. The van der Waals surface area contributed by atoms with Crippen LogP contribution < -0.4 is 21.7 Å². The smallest absolute Gasteiger partial charge is 0.322 e. The fourth-order valence-electron chi connectivity index (χ4n) is 5.97. The van der Waals surface area contributed by atoms with Crippen LogP contribution in [0, 0.1) is 18.8 Å². The highest BCUT2D eigenvalue weighted by atomic mass is 35.5. The number of benzene rings is 2. The fourth-order valence-corrected chi connectivity index (χ4v) is 6.17. The maximum atomic E-state index is 13.6. The van der Waals surface area contributed by atoms with E-state index in [4.69, 9.17) is 17.3 Å². The number of amides is 5. The van der Waals surface area contributed by atoms with Crippen molar-refractivity contribution in [1.82, 2.24) is 25.1 Å². The first-order valence-electron chi connectivity index (χ1n) is 14.5. The first kappa shape index (κ1) is 29.4. The number of hydrogen-bond acceptors (Lipinski definition) is 4. The SMILES string of the molecule is Cc1ccc(NC(=O)N2Cc3c(ncn3Cc3ccccc3Cl)CC2C(=O)NCC2CCCC(CNC(N)=O)C2)cc1. The monoisotopic (exact) mass is 591 g/mol. The van der Waals surface area contributed by atoms with Gasteiger partial charge in [0, 0.05) is 30.2 Å². The molecule has 0 saturated heterocycles. The molecule has 5 rings (SSSR count). The summed E-state index contributed by atoms with van der Waals surface area (Å²) >= 11 is 6.42. The number of aromatic nitrogens is 2. The lowest BCUT2D eigenvalue weighted by Gasteiger charge is -2.35. The van der Waals surface area contributed by atoms with Crippen LogP contribution in [0.2, 0.25) is 5.02 Å². The van der Waals surface area contributed by atoms with Crippen LogP contribution in [0.15, 0.2) is 54.9 Å². The minimum absolute atomic E-state index is 0.197. The third-order valence-electron chi connectivity index (χ3n) is 8.30. The molecule has 3 atom stereocenters. The summed E-state index contributed by atoms with van der Waals surface area (Å²) in [7, 11) is 0. The molecule has 1 aliphatic heterocycles. The van der Waals surface area contributed by atoms with Gasteiger partial charge < -0.3 is 31.2 Å². The maximum absolute atomic E-state index is 13.6. The quantitative estimate of drug-likeness (QED) is 0.308. The van der Waals surface area contributed by atoms with Crippen molar-refractivity contribution in [2.75, 3.05) is 18.4 Å². The van der Waals surface area contributed by atoms with E-state index < -0.39 is 12.1 Å². The van der Waals surface area contributed by atoms with E-state index in [1.807, 2.05) is 60.0 Å². The van der Waals surface area contributed by atoms with Crippen molar-refractivity contribution in [2.24, 2.45) is 17.6 Å². The predicted octanol–water partition coefficient (Wildman–Crippen LogP) is 4.44. The Balaban J connectivity index is 1.31. The Morgan fingerprint density at radius 1 is 1.02 bits per heavy atom. The number of hydrogen-bond donors (Lipinski definition) is 4. The number of aryl methyl sites for hydroxylation is 1. The molecule has 3 aromatic rings. The van der Waals surface area contributed by atoms with Crippen molar-refractivity contribution in [3.8, 4) is 0 Å². The molecule has 0 spiro atoms. The lowest BCUT2D eigenvalue weighted by molar-refractivity contribution is -0.126. The molecule has 1 aliphatic carbocycles. The number of urea groups is 2. The topological polar surface area (TPSA) is 134 Å². The van der Waals surface area contributed by atoms with Crippen LogP contribution in [-0.4, -0.2) is 51.6 Å². The number of anilines is 1. The first-order chi connectivity index (χ1) is 20.3. The van der Waals surface area contributed by atoms with Crippen molar-refractivity contribution >= 4 is 35.3 Å². The summed E-state index contributed by atoms with van der Waals surface area (Å²) in [6, 6.07) is 13.7. The van der Waals surface area contributed by atoms with Crippen molar-refractivity contribution in [3.05, 3.63) is 82.4 Å². The van der Waals surface area contributed by atoms with Gasteiger partial charge in [-0.1, -0.05) is 53.9 Å². The lowest BCUT2D eigenvalue weighted by atomic mass is 9.81. The molecule has 10 nitrogen and oxygen atoms in total. The minimum Gasteiger partial charge on any atom is -0.354 e. The third kappa shape index (κ3) is 7.23. The second kappa shape index (κ2) is 13.3. The van der Waals surface area contributed by atoms with Crippen molar-refractivity contribution in [1.29, 1.82) is 0 Å². The number of primary amides is 1. The van der Waals surface area contributed by atoms with Crippen molar-refractivity contribution < 1.29 is 14.4 Å². The fraction of sp³-hybridized carbons (Fsp3) is 0.419. The van der Waals surface area contributed by atoms with E-state index in [2.05, 4.69) is 20.9 Å². The summed E-state index contributed by atoms with van der Waals surface area (Å²) < 4.78 is 2.00. The van der Waals surface area contributed by atoms with Crippen LogP contribution in [0.25, 0.3) is 0 Å². The molecule has 3 unspecified atom stereocenters. The number of imidazole rings is 1. The Bertz CT molecular complexity index is 1420. The molecule has 2 aliphatic rings. The zero-order valence-corrected chi connectivity index (χ0v) is 24.6. The first-order valence-corrected chi connectivity index (χ1v) is 14.9. The largest absolute Gasteiger partial charge is 0.354 e. The molecule has 2 aromatic carbocycles. The Hall–Kier alpha value is -4.05.